The number of nitrogens with zero attached hydrogens (tertiary/aromatic N) is 2. The average Bonchev–Trinajstić information content (AvgIpc) is 3.23. The zero-order chi connectivity index (χ0) is 43.0. The molecule has 8 rings (SSSR count). The molecule has 0 radical (unpaired) electrons. The number of halogens is 2. The van der Waals surface area contributed by atoms with Gasteiger partial charge in [0.15, 0.2) is 8.07 Å². The zero-order valence-corrected chi connectivity index (χ0v) is 38.8. The van der Waals surface area contributed by atoms with Crippen molar-refractivity contribution in [2.75, 3.05) is 9.80 Å². The Morgan fingerprint density at radius 3 is 0.754 bits per heavy atom. The van der Waals surface area contributed by atoms with Crippen LogP contribution in [0.25, 0.3) is 0 Å². The molecular formula is C56H52Cl2N2Si. The van der Waals surface area contributed by atoms with Crippen LogP contribution in [0, 0.1) is 55.4 Å². The number of rotatable bonds is 10. The largest absolute Gasteiger partial charge is 0.310 e. The molecule has 0 aliphatic heterocycles. The molecule has 61 heavy (non-hydrogen) atoms. The average molecular weight is 852 g/mol. The van der Waals surface area contributed by atoms with E-state index in [1.54, 1.807) is 0 Å². The summed E-state index contributed by atoms with van der Waals surface area (Å²) in [5.41, 5.74) is 16.8. The minimum absolute atomic E-state index is 0.712. The van der Waals surface area contributed by atoms with Crippen LogP contribution in [-0.2, 0) is 0 Å². The van der Waals surface area contributed by atoms with Gasteiger partial charge in [-0.25, -0.2) is 0 Å². The van der Waals surface area contributed by atoms with Crippen LogP contribution in [-0.4, -0.2) is 8.07 Å². The molecule has 8 aromatic rings. The van der Waals surface area contributed by atoms with E-state index in [2.05, 4.69) is 211 Å². The van der Waals surface area contributed by atoms with E-state index in [4.69, 9.17) is 23.2 Å². The first-order valence-corrected chi connectivity index (χ1v) is 23.7. The van der Waals surface area contributed by atoms with Gasteiger partial charge in [-0.2, -0.15) is 0 Å². The van der Waals surface area contributed by atoms with Gasteiger partial charge in [0, 0.05) is 44.2 Å². The molecule has 0 atom stereocenters. The SMILES string of the molecule is Cc1ccc(N(c2ccc([Si](c3ccc(Cl)cc3)(c3ccc(Cl)cc3)c3ccc(N(c4ccc(C)cc4C)c4ccc(C)cc4C)cc3)cc2)c2ccc(C)cc2C)c(C)c1. The van der Waals surface area contributed by atoms with E-state index < -0.39 is 8.07 Å². The Bertz CT molecular complexity index is 2550. The van der Waals surface area contributed by atoms with Crippen LogP contribution in [0.15, 0.2) is 170 Å². The van der Waals surface area contributed by atoms with Crippen LogP contribution in [0.3, 0.4) is 0 Å². The molecule has 2 nitrogen and oxygen atoms in total. The maximum absolute atomic E-state index is 6.64. The Morgan fingerprint density at radius 2 is 0.525 bits per heavy atom. The van der Waals surface area contributed by atoms with Gasteiger partial charge in [-0.15, -0.1) is 0 Å². The third kappa shape index (κ3) is 8.19. The van der Waals surface area contributed by atoms with Gasteiger partial charge in [0.2, 0.25) is 0 Å². The highest BCUT2D eigenvalue weighted by atomic mass is 35.5. The molecule has 0 aliphatic carbocycles. The number of aryl methyl sites for hydroxylation is 8. The lowest BCUT2D eigenvalue weighted by atomic mass is 10.0. The van der Waals surface area contributed by atoms with Crippen molar-refractivity contribution in [2.24, 2.45) is 0 Å². The Morgan fingerprint density at radius 1 is 0.295 bits per heavy atom. The maximum atomic E-state index is 6.64. The molecule has 0 saturated heterocycles. The van der Waals surface area contributed by atoms with Crippen molar-refractivity contribution in [2.45, 2.75) is 55.4 Å². The first-order chi connectivity index (χ1) is 29.3. The van der Waals surface area contributed by atoms with E-state index in [9.17, 15) is 0 Å². The highest BCUT2D eigenvalue weighted by Gasteiger charge is 2.42. The topological polar surface area (TPSA) is 6.48 Å². The molecule has 0 amide bonds. The van der Waals surface area contributed by atoms with E-state index in [0.717, 1.165) is 34.1 Å². The molecule has 0 aromatic heterocycles. The summed E-state index contributed by atoms with van der Waals surface area (Å²) in [5.74, 6) is 0. The Balaban J connectivity index is 1.35. The number of anilines is 6. The summed E-state index contributed by atoms with van der Waals surface area (Å²) < 4.78 is 0. The van der Waals surface area contributed by atoms with Crippen molar-refractivity contribution in [1.82, 2.24) is 0 Å². The molecule has 0 saturated carbocycles. The Labute approximate surface area is 373 Å². The predicted octanol–water partition coefficient (Wildman–Crippen LogP) is 13.8. The fraction of sp³-hybridized carbons (Fsp3) is 0.143. The molecule has 0 fully saturated rings. The second-order valence-electron chi connectivity index (χ2n) is 16.7. The molecule has 0 heterocycles. The van der Waals surface area contributed by atoms with E-state index in [1.807, 2.05) is 24.3 Å². The fourth-order valence-corrected chi connectivity index (χ4v) is 14.1. The quantitative estimate of drug-likeness (QED) is 0.0999. The molecular weight excluding hydrogens is 800 g/mol. The third-order valence-electron chi connectivity index (χ3n) is 12.0. The summed E-state index contributed by atoms with van der Waals surface area (Å²) in [5, 5.41) is 6.42. The van der Waals surface area contributed by atoms with Crippen molar-refractivity contribution >= 4 is 86.1 Å². The van der Waals surface area contributed by atoms with Gasteiger partial charge in [-0.3, -0.25) is 0 Å². The van der Waals surface area contributed by atoms with Gasteiger partial charge in [0.1, 0.15) is 0 Å². The van der Waals surface area contributed by atoms with Gasteiger partial charge < -0.3 is 9.80 Å². The summed E-state index contributed by atoms with van der Waals surface area (Å²) in [7, 11) is -3.01. The van der Waals surface area contributed by atoms with Crippen LogP contribution < -0.4 is 30.5 Å². The Kier molecular flexibility index (Phi) is 11.8. The molecule has 8 aromatic carbocycles. The van der Waals surface area contributed by atoms with E-state index in [0.29, 0.717) is 10.0 Å². The smallest absolute Gasteiger partial charge is 0.179 e. The lowest BCUT2D eigenvalue weighted by molar-refractivity contribution is 1.21. The molecule has 5 heteroatoms. The predicted molar refractivity (Wildman–Crippen MR) is 267 cm³/mol. The van der Waals surface area contributed by atoms with Gasteiger partial charge in [0.05, 0.1) is 0 Å². The van der Waals surface area contributed by atoms with Crippen molar-refractivity contribution in [1.29, 1.82) is 0 Å². The highest BCUT2D eigenvalue weighted by Crippen LogP contribution is 2.40. The maximum Gasteiger partial charge on any atom is 0.179 e. The monoisotopic (exact) mass is 850 g/mol. The Hall–Kier alpha value is -5.84. The van der Waals surface area contributed by atoms with Gasteiger partial charge >= 0.3 is 0 Å². The normalized spacial score (nSPS) is 11.4. The highest BCUT2D eigenvalue weighted by molar-refractivity contribution is 7.19. The summed E-state index contributed by atoms with van der Waals surface area (Å²) in [4.78, 5) is 4.81. The van der Waals surface area contributed by atoms with Crippen LogP contribution >= 0.6 is 23.2 Å². The lowest BCUT2D eigenvalue weighted by Gasteiger charge is -2.36. The van der Waals surface area contributed by atoms with Crippen molar-refractivity contribution < 1.29 is 0 Å². The fourth-order valence-electron chi connectivity index (χ4n) is 9.16. The lowest BCUT2D eigenvalue weighted by Crippen LogP contribution is -2.74. The summed E-state index contributed by atoms with van der Waals surface area (Å²) in [6, 6.07) is 62.5. The van der Waals surface area contributed by atoms with Crippen molar-refractivity contribution in [3.05, 3.63) is 224 Å². The van der Waals surface area contributed by atoms with Crippen LogP contribution in [0.5, 0.6) is 0 Å². The van der Waals surface area contributed by atoms with Gasteiger partial charge in [-0.05, 0) is 171 Å². The minimum Gasteiger partial charge on any atom is -0.310 e. The first kappa shape index (κ1) is 41.9. The summed E-state index contributed by atoms with van der Waals surface area (Å²) in [6.07, 6.45) is 0. The second kappa shape index (κ2) is 17.3. The molecule has 0 spiro atoms. The number of benzene rings is 8. The number of hydrogen-bond donors (Lipinski definition) is 0. The molecule has 0 bridgehead atoms. The zero-order valence-electron chi connectivity index (χ0n) is 36.3. The second-order valence-corrected chi connectivity index (χ2v) is 21.4. The third-order valence-corrected chi connectivity index (χ3v) is 17.3. The van der Waals surface area contributed by atoms with Gasteiger partial charge in [-0.1, -0.05) is 143 Å². The van der Waals surface area contributed by atoms with Crippen molar-refractivity contribution in [3.8, 4) is 0 Å². The van der Waals surface area contributed by atoms with E-state index in [1.165, 1.54) is 65.3 Å². The van der Waals surface area contributed by atoms with Crippen LogP contribution in [0.2, 0.25) is 10.0 Å². The number of hydrogen-bond acceptors (Lipinski definition) is 2. The minimum atomic E-state index is -3.01. The standard InChI is InChI=1S/C56H52Cl2N2Si/c1-37-9-29-53(41(5)33-37)59(54-30-10-38(2)34-42(54)6)47-17-25-51(26-18-47)61(49-21-13-45(57)14-22-49,50-23-15-46(58)16-24-50)52-27-19-48(20-28-52)60(55-31-11-39(3)35-43(55)7)56-32-12-40(4)36-44(56)8/h9-36H,1-8H3. The van der Waals surface area contributed by atoms with Gasteiger partial charge in [0.25, 0.3) is 0 Å². The molecule has 0 aliphatic rings. The van der Waals surface area contributed by atoms with Crippen molar-refractivity contribution in [3.63, 3.8) is 0 Å². The molecule has 304 valence electrons. The summed E-state index contributed by atoms with van der Waals surface area (Å²) in [6.45, 7) is 17.4. The first-order valence-electron chi connectivity index (χ1n) is 21.0. The van der Waals surface area contributed by atoms with E-state index in [-0.39, 0.29) is 0 Å². The molecule has 0 unspecified atom stereocenters. The molecule has 0 N–H and O–H groups in total. The van der Waals surface area contributed by atoms with E-state index >= 15 is 0 Å². The van der Waals surface area contributed by atoms with Crippen LogP contribution in [0.4, 0.5) is 34.1 Å². The summed E-state index contributed by atoms with van der Waals surface area (Å²) >= 11 is 13.3. The van der Waals surface area contributed by atoms with Crippen LogP contribution in [0.1, 0.15) is 44.5 Å².